The van der Waals surface area contributed by atoms with Crippen LogP contribution in [0.25, 0.3) is 0 Å². The Hall–Kier alpha value is -2.04. The Labute approximate surface area is 140 Å². The summed E-state index contributed by atoms with van der Waals surface area (Å²) in [5.41, 5.74) is 3.69. The molecule has 2 N–H and O–H groups in total. The zero-order valence-corrected chi connectivity index (χ0v) is 13.7. The van der Waals surface area contributed by atoms with Crippen LogP contribution in [0.3, 0.4) is 0 Å². The molecule has 0 radical (unpaired) electrons. The number of fused-ring (bicyclic) bond motifs is 1. The summed E-state index contributed by atoms with van der Waals surface area (Å²) in [6.07, 6.45) is 0.779. The van der Waals surface area contributed by atoms with Crippen molar-refractivity contribution in [3.05, 3.63) is 64.2 Å². The smallest absolute Gasteiger partial charge is 0.322 e. The quantitative estimate of drug-likeness (QED) is 0.880. The summed E-state index contributed by atoms with van der Waals surface area (Å²) in [6, 6.07) is 12.9. The number of hydrogen-bond acceptors (Lipinski definition) is 2. The topological polar surface area (TPSA) is 52.6 Å². The number of nitrogens with zero attached hydrogens (tertiary/aromatic N) is 1. The molecule has 1 heterocycles. The summed E-state index contributed by atoms with van der Waals surface area (Å²) in [4.78, 5) is 14.3. The highest BCUT2D eigenvalue weighted by Gasteiger charge is 2.30. The van der Waals surface area contributed by atoms with E-state index in [4.69, 9.17) is 11.6 Å². The van der Waals surface area contributed by atoms with Crippen LogP contribution in [0.1, 0.15) is 22.7 Å². The number of carbonyl (C=O) groups excluding carboxylic acids is 1. The summed E-state index contributed by atoms with van der Waals surface area (Å²) in [7, 11) is 0. The normalized spacial score (nSPS) is 16.8. The van der Waals surface area contributed by atoms with Crippen molar-refractivity contribution < 1.29 is 9.90 Å². The lowest BCUT2D eigenvalue weighted by molar-refractivity contribution is 0.135. The molecule has 5 heteroatoms. The fourth-order valence-electron chi connectivity index (χ4n) is 3.02. The van der Waals surface area contributed by atoms with Crippen molar-refractivity contribution in [2.75, 3.05) is 18.5 Å². The molecular weight excluding hydrogens is 312 g/mol. The van der Waals surface area contributed by atoms with Crippen LogP contribution in [0.2, 0.25) is 5.02 Å². The molecule has 2 aromatic rings. The highest BCUT2D eigenvalue weighted by atomic mass is 35.5. The number of nitrogens with one attached hydrogen (secondary N) is 1. The number of amides is 2. The fourth-order valence-corrected chi connectivity index (χ4v) is 3.20. The van der Waals surface area contributed by atoms with Crippen molar-refractivity contribution in [3.8, 4) is 0 Å². The molecule has 0 aliphatic carbocycles. The number of halogens is 1. The highest BCUT2D eigenvalue weighted by Crippen LogP contribution is 2.31. The minimum atomic E-state index is -0.330. The minimum Gasteiger partial charge on any atom is -0.394 e. The number of aryl methyl sites for hydroxylation is 1. The van der Waals surface area contributed by atoms with Gasteiger partial charge in [-0.1, -0.05) is 48.0 Å². The van der Waals surface area contributed by atoms with Crippen molar-refractivity contribution in [2.45, 2.75) is 19.4 Å². The lowest BCUT2D eigenvalue weighted by atomic mass is 9.93. The molecule has 0 bridgehead atoms. The van der Waals surface area contributed by atoms with E-state index in [1.54, 1.807) is 11.0 Å². The number of rotatable bonds is 2. The molecule has 1 aliphatic rings. The fraction of sp³-hybridized carbons (Fsp3) is 0.278. The molecule has 0 saturated heterocycles. The Kier molecular flexibility index (Phi) is 4.55. The first-order valence-electron chi connectivity index (χ1n) is 7.63. The lowest BCUT2D eigenvalue weighted by Crippen LogP contribution is -2.43. The molecule has 120 valence electrons. The van der Waals surface area contributed by atoms with E-state index in [1.807, 2.05) is 43.3 Å². The maximum absolute atomic E-state index is 12.7. The summed E-state index contributed by atoms with van der Waals surface area (Å²) >= 11 is 6.24. The average Bonchev–Trinajstić information content (AvgIpc) is 2.57. The first-order chi connectivity index (χ1) is 11.1. The molecule has 4 nitrogen and oxygen atoms in total. The molecule has 2 aromatic carbocycles. The maximum atomic E-state index is 12.7. The Morgan fingerprint density at radius 1 is 1.30 bits per heavy atom. The van der Waals surface area contributed by atoms with Gasteiger partial charge in [-0.3, -0.25) is 0 Å². The van der Waals surface area contributed by atoms with Crippen molar-refractivity contribution >= 4 is 23.3 Å². The summed E-state index contributed by atoms with van der Waals surface area (Å²) in [5.74, 6) is 0. The molecule has 0 spiro atoms. The van der Waals surface area contributed by atoms with E-state index >= 15 is 0 Å². The van der Waals surface area contributed by atoms with Gasteiger partial charge in [0.1, 0.15) is 0 Å². The van der Waals surface area contributed by atoms with Gasteiger partial charge in [0.15, 0.2) is 0 Å². The highest BCUT2D eigenvalue weighted by molar-refractivity contribution is 6.34. The van der Waals surface area contributed by atoms with Gasteiger partial charge in [-0.05, 0) is 36.1 Å². The molecule has 3 rings (SSSR count). The molecule has 1 unspecified atom stereocenters. The molecule has 0 saturated carbocycles. The predicted octanol–water partition coefficient (Wildman–Crippen LogP) is 3.77. The van der Waals surface area contributed by atoms with Gasteiger partial charge in [0.2, 0.25) is 0 Å². The summed E-state index contributed by atoms with van der Waals surface area (Å²) in [5, 5.41) is 13.2. The molecule has 0 aromatic heterocycles. The molecular formula is C18H19ClN2O2. The largest absolute Gasteiger partial charge is 0.394 e. The van der Waals surface area contributed by atoms with Crippen LogP contribution in [0.4, 0.5) is 10.5 Å². The van der Waals surface area contributed by atoms with Crippen molar-refractivity contribution in [1.82, 2.24) is 4.90 Å². The summed E-state index contributed by atoms with van der Waals surface area (Å²) < 4.78 is 0. The van der Waals surface area contributed by atoms with Crippen LogP contribution in [0.5, 0.6) is 0 Å². The minimum absolute atomic E-state index is 0.105. The zero-order chi connectivity index (χ0) is 16.4. The third-order valence-electron chi connectivity index (χ3n) is 4.28. The van der Waals surface area contributed by atoms with Crippen molar-refractivity contribution in [3.63, 3.8) is 0 Å². The number of carbonyl (C=O) groups is 1. The maximum Gasteiger partial charge on any atom is 0.322 e. The number of urea groups is 1. The van der Waals surface area contributed by atoms with Gasteiger partial charge < -0.3 is 15.3 Å². The van der Waals surface area contributed by atoms with Crippen LogP contribution in [0, 0.1) is 6.92 Å². The Bertz CT molecular complexity index is 733. The Morgan fingerprint density at radius 3 is 2.87 bits per heavy atom. The molecule has 1 aliphatic heterocycles. The van der Waals surface area contributed by atoms with E-state index in [0.29, 0.717) is 17.3 Å². The van der Waals surface area contributed by atoms with E-state index in [9.17, 15) is 9.90 Å². The van der Waals surface area contributed by atoms with Gasteiger partial charge in [0, 0.05) is 6.54 Å². The standard InChI is InChI=1S/C18H19ClN2O2/c1-12-5-4-8-15(17(12)19)20-18(23)21-10-9-13-6-2-3-7-14(13)16(21)11-22/h2-8,16,22H,9-11H2,1H3,(H,20,23). The van der Waals surface area contributed by atoms with Gasteiger partial charge in [-0.15, -0.1) is 0 Å². The second kappa shape index (κ2) is 6.60. The number of benzene rings is 2. The van der Waals surface area contributed by atoms with Crippen molar-refractivity contribution in [1.29, 1.82) is 0 Å². The Morgan fingerprint density at radius 2 is 2.09 bits per heavy atom. The molecule has 23 heavy (non-hydrogen) atoms. The Balaban J connectivity index is 1.84. The third kappa shape index (κ3) is 3.05. The SMILES string of the molecule is Cc1cccc(NC(=O)N2CCc3ccccc3C2CO)c1Cl. The second-order valence-electron chi connectivity index (χ2n) is 5.71. The number of hydrogen-bond donors (Lipinski definition) is 2. The van der Waals surface area contributed by atoms with Crippen LogP contribution in [0.15, 0.2) is 42.5 Å². The van der Waals surface area contributed by atoms with Crippen LogP contribution in [-0.2, 0) is 6.42 Å². The van der Waals surface area contributed by atoms with E-state index in [2.05, 4.69) is 5.32 Å². The van der Waals surface area contributed by atoms with Gasteiger partial charge in [-0.25, -0.2) is 4.79 Å². The van der Waals surface area contributed by atoms with Crippen molar-refractivity contribution in [2.24, 2.45) is 0 Å². The van der Waals surface area contributed by atoms with E-state index < -0.39 is 0 Å². The zero-order valence-electron chi connectivity index (χ0n) is 12.9. The van der Waals surface area contributed by atoms with E-state index in [-0.39, 0.29) is 18.7 Å². The monoisotopic (exact) mass is 330 g/mol. The van der Waals surface area contributed by atoms with E-state index in [0.717, 1.165) is 17.5 Å². The van der Waals surface area contributed by atoms with Gasteiger partial charge in [0.25, 0.3) is 0 Å². The van der Waals surface area contributed by atoms with Gasteiger partial charge in [0.05, 0.1) is 23.4 Å². The van der Waals surface area contributed by atoms with E-state index in [1.165, 1.54) is 5.56 Å². The average molecular weight is 331 g/mol. The first-order valence-corrected chi connectivity index (χ1v) is 8.01. The second-order valence-corrected chi connectivity index (χ2v) is 6.09. The number of aliphatic hydroxyl groups is 1. The number of aliphatic hydroxyl groups excluding tert-OH is 1. The first kappa shape index (κ1) is 15.8. The predicted molar refractivity (Wildman–Crippen MR) is 91.9 cm³/mol. The molecule has 2 amide bonds. The van der Waals surface area contributed by atoms with Crippen LogP contribution in [-0.4, -0.2) is 29.2 Å². The molecule has 1 atom stereocenters. The lowest BCUT2D eigenvalue weighted by Gasteiger charge is -2.36. The van der Waals surface area contributed by atoms with Gasteiger partial charge >= 0.3 is 6.03 Å². The third-order valence-corrected chi connectivity index (χ3v) is 4.78. The molecule has 0 fully saturated rings. The number of anilines is 1. The van der Waals surface area contributed by atoms with Crippen LogP contribution < -0.4 is 5.32 Å². The van der Waals surface area contributed by atoms with Crippen LogP contribution >= 0.6 is 11.6 Å². The van der Waals surface area contributed by atoms with Gasteiger partial charge in [-0.2, -0.15) is 0 Å². The summed E-state index contributed by atoms with van der Waals surface area (Å²) in [6.45, 7) is 2.36.